The van der Waals surface area contributed by atoms with Gasteiger partial charge in [-0.25, -0.2) is 0 Å². The van der Waals surface area contributed by atoms with Crippen molar-refractivity contribution in [2.75, 3.05) is 12.0 Å². The van der Waals surface area contributed by atoms with Crippen LogP contribution >= 0.6 is 11.8 Å². The maximum atomic E-state index is 11.7. The molecule has 1 nitrogen and oxygen atoms in total. The lowest BCUT2D eigenvalue weighted by Gasteiger charge is -2.03. The molecule has 0 aliphatic carbocycles. The van der Waals surface area contributed by atoms with Gasteiger partial charge in [-0.1, -0.05) is 54.6 Å². The fraction of sp³-hybridized carbons (Fsp3) is 0.133. The normalized spacial score (nSPS) is 10.2. The van der Waals surface area contributed by atoms with Gasteiger partial charge in [0.05, 0.1) is 5.75 Å². The summed E-state index contributed by atoms with van der Waals surface area (Å²) < 4.78 is 0. The molecule has 0 radical (unpaired) electrons. The van der Waals surface area contributed by atoms with Gasteiger partial charge in [0.15, 0.2) is 5.78 Å². The topological polar surface area (TPSA) is 17.1 Å². The molecular formula is C15H14OS. The number of Topliss-reactive ketones (excluding diaryl/α,β-unsaturated/α-hetero) is 1. The Morgan fingerprint density at radius 1 is 0.941 bits per heavy atom. The van der Waals surface area contributed by atoms with Gasteiger partial charge >= 0.3 is 0 Å². The molecule has 2 heteroatoms. The Bertz CT molecular complexity index is 488. The number of rotatable bonds is 4. The van der Waals surface area contributed by atoms with Crippen molar-refractivity contribution >= 4 is 17.5 Å². The first-order valence-electron chi connectivity index (χ1n) is 5.49. The third-order valence-corrected chi connectivity index (χ3v) is 3.14. The first-order valence-corrected chi connectivity index (χ1v) is 6.88. The molecule has 0 saturated carbocycles. The van der Waals surface area contributed by atoms with Crippen molar-refractivity contribution in [2.45, 2.75) is 0 Å². The number of carbonyl (C=O) groups excluding carboxylic acids is 1. The summed E-state index contributed by atoms with van der Waals surface area (Å²) in [6, 6.07) is 18.0. The molecule has 0 aliphatic rings. The minimum atomic E-state index is 0.192. The van der Waals surface area contributed by atoms with Crippen molar-refractivity contribution in [2.24, 2.45) is 0 Å². The second kappa shape index (κ2) is 5.69. The third kappa shape index (κ3) is 2.98. The van der Waals surface area contributed by atoms with Crippen LogP contribution in [0.15, 0.2) is 54.6 Å². The van der Waals surface area contributed by atoms with E-state index >= 15 is 0 Å². The highest BCUT2D eigenvalue weighted by molar-refractivity contribution is 7.99. The summed E-state index contributed by atoms with van der Waals surface area (Å²) in [6.07, 6.45) is 1.94. The average molecular weight is 242 g/mol. The zero-order valence-corrected chi connectivity index (χ0v) is 10.5. The van der Waals surface area contributed by atoms with Crippen LogP contribution in [0, 0.1) is 0 Å². The van der Waals surface area contributed by atoms with E-state index in [1.165, 1.54) is 5.56 Å². The zero-order valence-electron chi connectivity index (χ0n) is 9.72. The molecule has 0 aromatic heterocycles. The largest absolute Gasteiger partial charge is 0.293 e. The molecule has 2 aromatic rings. The van der Waals surface area contributed by atoms with Crippen LogP contribution < -0.4 is 0 Å². The molecule has 86 valence electrons. The summed E-state index contributed by atoms with van der Waals surface area (Å²) in [5, 5.41) is 0. The second-order valence-electron chi connectivity index (χ2n) is 3.80. The van der Waals surface area contributed by atoms with E-state index in [1.54, 1.807) is 11.8 Å². The van der Waals surface area contributed by atoms with Crippen molar-refractivity contribution in [3.8, 4) is 11.1 Å². The first kappa shape index (κ1) is 11.9. The molecule has 17 heavy (non-hydrogen) atoms. The standard InChI is InChI=1S/C15H14OS/c1-17-11-15(16)14-9-7-13(8-10-14)12-5-3-2-4-6-12/h2-10H,11H2,1H3. The van der Waals surface area contributed by atoms with Gasteiger partial charge in [0.25, 0.3) is 0 Å². The van der Waals surface area contributed by atoms with Crippen LogP contribution in [0.25, 0.3) is 11.1 Å². The Hall–Kier alpha value is -1.54. The number of hydrogen-bond donors (Lipinski definition) is 0. The van der Waals surface area contributed by atoms with Gasteiger partial charge in [-0.2, -0.15) is 11.8 Å². The molecule has 0 spiro atoms. The van der Waals surface area contributed by atoms with E-state index in [0.717, 1.165) is 11.1 Å². The van der Waals surface area contributed by atoms with E-state index in [4.69, 9.17) is 0 Å². The number of thioether (sulfide) groups is 1. The van der Waals surface area contributed by atoms with E-state index in [2.05, 4.69) is 12.1 Å². The summed E-state index contributed by atoms with van der Waals surface area (Å²) in [4.78, 5) is 11.7. The Balaban J connectivity index is 2.22. The maximum Gasteiger partial charge on any atom is 0.172 e. The molecule has 0 amide bonds. The van der Waals surface area contributed by atoms with Crippen LogP contribution in [-0.4, -0.2) is 17.8 Å². The summed E-state index contributed by atoms with van der Waals surface area (Å²) in [7, 11) is 0. The van der Waals surface area contributed by atoms with Crippen molar-refractivity contribution in [3.05, 3.63) is 60.2 Å². The Morgan fingerprint density at radius 3 is 2.12 bits per heavy atom. The SMILES string of the molecule is CSCC(=O)c1ccc(-c2ccccc2)cc1. The van der Waals surface area contributed by atoms with E-state index in [9.17, 15) is 4.79 Å². The molecule has 2 aromatic carbocycles. The summed E-state index contributed by atoms with van der Waals surface area (Å²) in [5.74, 6) is 0.738. The lowest BCUT2D eigenvalue weighted by atomic mass is 10.0. The number of benzene rings is 2. The van der Waals surface area contributed by atoms with Crippen LogP contribution in [0.4, 0.5) is 0 Å². The first-order chi connectivity index (χ1) is 8.31. The van der Waals surface area contributed by atoms with Crippen LogP contribution in [0.5, 0.6) is 0 Å². The van der Waals surface area contributed by atoms with Crippen LogP contribution in [-0.2, 0) is 0 Å². The molecule has 0 N–H and O–H groups in total. The molecule has 0 fully saturated rings. The van der Waals surface area contributed by atoms with E-state index in [0.29, 0.717) is 5.75 Å². The van der Waals surface area contributed by atoms with Crippen molar-refractivity contribution in [1.82, 2.24) is 0 Å². The number of hydrogen-bond acceptors (Lipinski definition) is 2. The molecule has 0 saturated heterocycles. The molecule has 0 heterocycles. The molecule has 0 bridgehead atoms. The fourth-order valence-corrected chi connectivity index (χ4v) is 2.12. The van der Waals surface area contributed by atoms with Gasteiger partial charge in [0, 0.05) is 5.56 Å². The summed E-state index contributed by atoms with van der Waals surface area (Å²) in [5.41, 5.74) is 3.11. The number of ketones is 1. The van der Waals surface area contributed by atoms with E-state index in [1.807, 2.05) is 48.7 Å². The molecule has 0 atom stereocenters. The average Bonchev–Trinajstić information content (AvgIpc) is 2.40. The monoisotopic (exact) mass is 242 g/mol. The molecule has 2 rings (SSSR count). The van der Waals surface area contributed by atoms with Crippen molar-refractivity contribution in [1.29, 1.82) is 0 Å². The summed E-state index contributed by atoms with van der Waals surface area (Å²) >= 11 is 1.56. The summed E-state index contributed by atoms with van der Waals surface area (Å²) in [6.45, 7) is 0. The minimum Gasteiger partial charge on any atom is -0.293 e. The molecule has 0 unspecified atom stereocenters. The smallest absolute Gasteiger partial charge is 0.172 e. The third-order valence-electron chi connectivity index (χ3n) is 2.59. The van der Waals surface area contributed by atoms with Gasteiger partial charge in [-0.3, -0.25) is 4.79 Å². The zero-order chi connectivity index (χ0) is 12.1. The van der Waals surface area contributed by atoms with Gasteiger partial charge in [-0.05, 0) is 17.4 Å². The lowest BCUT2D eigenvalue weighted by Crippen LogP contribution is -2.01. The maximum absolute atomic E-state index is 11.7. The van der Waals surface area contributed by atoms with Gasteiger partial charge in [0.2, 0.25) is 0 Å². The van der Waals surface area contributed by atoms with Gasteiger partial charge in [-0.15, -0.1) is 0 Å². The number of carbonyl (C=O) groups is 1. The van der Waals surface area contributed by atoms with Crippen LogP contribution in [0.2, 0.25) is 0 Å². The van der Waals surface area contributed by atoms with E-state index < -0.39 is 0 Å². The van der Waals surface area contributed by atoms with E-state index in [-0.39, 0.29) is 5.78 Å². The molecular weight excluding hydrogens is 228 g/mol. The van der Waals surface area contributed by atoms with Gasteiger partial charge in [0.1, 0.15) is 0 Å². The van der Waals surface area contributed by atoms with Gasteiger partial charge < -0.3 is 0 Å². The van der Waals surface area contributed by atoms with Crippen molar-refractivity contribution < 1.29 is 4.79 Å². The quantitative estimate of drug-likeness (QED) is 0.756. The lowest BCUT2D eigenvalue weighted by molar-refractivity contribution is 0.102. The fourth-order valence-electron chi connectivity index (χ4n) is 1.69. The molecule has 0 aliphatic heterocycles. The predicted molar refractivity (Wildman–Crippen MR) is 74.6 cm³/mol. The highest BCUT2D eigenvalue weighted by atomic mass is 32.2. The Morgan fingerprint density at radius 2 is 1.53 bits per heavy atom. The van der Waals surface area contributed by atoms with Crippen molar-refractivity contribution in [3.63, 3.8) is 0 Å². The minimum absolute atomic E-state index is 0.192. The van der Waals surface area contributed by atoms with Crippen LogP contribution in [0.3, 0.4) is 0 Å². The highest BCUT2D eigenvalue weighted by Crippen LogP contribution is 2.19. The Kier molecular flexibility index (Phi) is 3.99. The second-order valence-corrected chi connectivity index (χ2v) is 4.67. The van der Waals surface area contributed by atoms with Crippen LogP contribution in [0.1, 0.15) is 10.4 Å². The predicted octanol–water partition coefficient (Wildman–Crippen LogP) is 3.90. The Labute approximate surface area is 106 Å². The highest BCUT2D eigenvalue weighted by Gasteiger charge is 2.04.